The summed E-state index contributed by atoms with van der Waals surface area (Å²) in [4.78, 5) is 2.33. The van der Waals surface area contributed by atoms with Crippen LogP contribution in [-0.4, -0.2) is 43.0 Å². The first-order valence-electron chi connectivity index (χ1n) is 4.26. The number of ether oxygens (including phenoxy) is 1. The Labute approximate surface area is 69.0 Å². The minimum atomic E-state index is -0.155. The van der Waals surface area contributed by atoms with E-state index in [1.165, 1.54) is 0 Å². The van der Waals surface area contributed by atoms with E-state index < -0.39 is 0 Å². The lowest BCUT2D eigenvalue weighted by Crippen LogP contribution is -2.24. The van der Waals surface area contributed by atoms with Gasteiger partial charge in [-0.05, 0) is 19.5 Å². The highest BCUT2D eigenvalue weighted by Gasteiger charge is 1.96. The second-order valence-corrected chi connectivity index (χ2v) is 2.42. The number of aliphatic hydroxyl groups is 1. The first kappa shape index (κ1) is 10.9. The van der Waals surface area contributed by atoms with Gasteiger partial charge in [0.05, 0.1) is 6.61 Å². The number of rotatable bonds is 7. The van der Waals surface area contributed by atoms with Crippen LogP contribution < -0.4 is 0 Å². The lowest BCUT2D eigenvalue weighted by atomic mass is 10.4. The fourth-order valence-corrected chi connectivity index (χ4v) is 0.995. The Bertz CT molecular complexity index is 74.5. The molecule has 0 aromatic carbocycles. The summed E-state index contributed by atoms with van der Waals surface area (Å²) >= 11 is 0. The monoisotopic (exact) mass is 161 g/mol. The molecule has 68 valence electrons. The summed E-state index contributed by atoms with van der Waals surface area (Å²) in [5.41, 5.74) is 0. The van der Waals surface area contributed by atoms with Crippen LogP contribution in [0.5, 0.6) is 0 Å². The van der Waals surface area contributed by atoms with Crippen molar-refractivity contribution in [3.63, 3.8) is 0 Å². The second kappa shape index (κ2) is 7.98. The van der Waals surface area contributed by atoms with Gasteiger partial charge in [0.1, 0.15) is 6.79 Å². The van der Waals surface area contributed by atoms with E-state index in [1.54, 1.807) is 0 Å². The zero-order valence-electron chi connectivity index (χ0n) is 7.55. The Hall–Kier alpha value is -0.120. The summed E-state index contributed by atoms with van der Waals surface area (Å²) in [6.07, 6.45) is 1.00. The van der Waals surface area contributed by atoms with Crippen molar-refractivity contribution >= 4 is 0 Å². The Morgan fingerprint density at radius 1 is 1.27 bits per heavy atom. The third kappa shape index (κ3) is 6.28. The van der Waals surface area contributed by atoms with Crippen LogP contribution in [0.1, 0.15) is 20.3 Å². The molecule has 0 atom stereocenters. The molecule has 0 aliphatic heterocycles. The highest BCUT2D eigenvalue weighted by atomic mass is 16.6. The molecule has 0 heterocycles. The largest absolute Gasteiger partial charge is 0.371 e. The molecule has 0 saturated heterocycles. The lowest BCUT2D eigenvalue weighted by Gasteiger charge is -2.17. The van der Waals surface area contributed by atoms with Crippen LogP contribution in [-0.2, 0) is 4.74 Å². The summed E-state index contributed by atoms with van der Waals surface area (Å²) in [5.74, 6) is 0. The molecule has 11 heavy (non-hydrogen) atoms. The van der Waals surface area contributed by atoms with Crippen LogP contribution in [0, 0.1) is 0 Å². The SMILES string of the molecule is CCN(CC)CCCOCO. The predicted molar refractivity (Wildman–Crippen MR) is 45.4 cm³/mol. The standard InChI is InChI=1S/C8H19NO2/c1-3-9(4-2)6-5-7-11-8-10/h10H,3-8H2,1-2H3. The molecule has 0 fully saturated rings. The topological polar surface area (TPSA) is 32.7 Å². The van der Waals surface area contributed by atoms with E-state index in [4.69, 9.17) is 9.84 Å². The van der Waals surface area contributed by atoms with Crippen molar-refractivity contribution in [1.82, 2.24) is 4.90 Å². The van der Waals surface area contributed by atoms with Crippen LogP contribution in [0.4, 0.5) is 0 Å². The first-order chi connectivity index (χ1) is 5.35. The Morgan fingerprint density at radius 3 is 2.36 bits per heavy atom. The molecule has 0 saturated carbocycles. The maximum absolute atomic E-state index is 8.31. The van der Waals surface area contributed by atoms with E-state index in [2.05, 4.69) is 18.7 Å². The van der Waals surface area contributed by atoms with Gasteiger partial charge in [-0.1, -0.05) is 13.8 Å². The van der Waals surface area contributed by atoms with E-state index in [0.717, 1.165) is 26.1 Å². The molecule has 0 radical (unpaired) electrons. The zero-order chi connectivity index (χ0) is 8.53. The molecule has 3 heteroatoms. The second-order valence-electron chi connectivity index (χ2n) is 2.42. The fraction of sp³-hybridized carbons (Fsp3) is 1.00. The third-order valence-corrected chi connectivity index (χ3v) is 1.75. The summed E-state index contributed by atoms with van der Waals surface area (Å²) in [7, 11) is 0. The van der Waals surface area contributed by atoms with Gasteiger partial charge < -0.3 is 14.7 Å². The molecule has 0 spiro atoms. The Morgan fingerprint density at radius 2 is 1.91 bits per heavy atom. The van der Waals surface area contributed by atoms with Crippen molar-refractivity contribution in [3.05, 3.63) is 0 Å². The molecule has 0 aromatic heterocycles. The van der Waals surface area contributed by atoms with Gasteiger partial charge in [-0.25, -0.2) is 0 Å². The minimum absolute atomic E-state index is 0.155. The predicted octanol–water partition coefficient (Wildman–Crippen LogP) is 0.685. The first-order valence-corrected chi connectivity index (χ1v) is 4.26. The fourth-order valence-electron chi connectivity index (χ4n) is 0.995. The molecule has 3 nitrogen and oxygen atoms in total. The summed E-state index contributed by atoms with van der Waals surface area (Å²) in [6, 6.07) is 0. The van der Waals surface area contributed by atoms with Crippen molar-refractivity contribution in [2.24, 2.45) is 0 Å². The van der Waals surface area contributed by atoms with Crippen molar-refractivity contribution in [1.29, 1.82) is 0 Å². The molecule has 0 amide bonds. The smallest absolute Gasteiger partial charge is 0.143 e. The van der Waals surface area contributed by atoms with Gasteiger partial charge in [-0.2, -0.15) is 0 Å². The van der Waals surface area contributed by atoms with Gasteiger partial charge in [0.25, 0.3) is 0 Å². The maximum atomic E-state index is 8.31. The molecule has 0 rings (SSSR count). The van der Waals surface area contributed by atoms with Crippen molar-refractivity contribution in [3.8, 4) is 0 Å². The van der Waals surface area contributed by atoms with Crippen LogP contribution in [0.3, 0.4) is 0 Å². The van der Waals surface area contributed by atoms with Crippen LogP contribution in [0.15, 0.2) is 0 Å². The van der Waals surface area contributed by atoms with Crippen LogP contribution in [0.2, 0.25) is 0 Å². The Kier molecular flexibility index (Phi) is 7.89. The lowest BCUT2D eigenvalue weighted by molar-refractivity contribution is -0.00442. The van der Waals surface area contributed by atoms with Gasteiger partial charge in [0.15, 0.2) is 0 Å². The van der Waals surface area contributed by atoms with Crippen molar-refractivity contribution < 1.29 is 9.84 Å². The molecule has 0 bridgehead atoms. The van der Waals surface area contributed by atoms with E-state index in [-0.39, 0.29) is 6.79 Å². The molecule has 0 unspecified atom stereocenters. The molecule has 0 aliphatic carbocycles. The van der Waals surface area contributed by atoms with Gasteiger partial charge in [0.2, 0.25) is 0 Å². The molecule has 0 aliphatic rings. The summed E-state index contributed by atoms with van der Waals surface area (Å²) < 4.78 is 4.80. The molecular formula is C8H19NO2. The van der Waals surface area contributed by atoms with Crippen molar-refractivity contribution in [2.45, 2.75) is 20.3 Å². The average molecular weight is 161 g/mol. The molecular weight excluding hydrogens is 142 g/mol. The average Bonchev–Trinajstić information content (AvgIpc) is 2.05. The van der Waals surface area contributed by atoms with Gasteiger partial charge in [-0.3, -0.25) is 0 Å². The quantitative estimate of drug-likeness (QED) is 0.440. The highest BCUT2D eigenvalue weighted by molar-refractivity contribution is 4.50. The normalized spacial score (nSPS) is 10.9. The molecule has 1 N–H and O–H groups in total. The number of hydrogen-bond donors (Lipinski definition) is 1. The highest BCUT2D eigenvalue weighted by Crippen LogP contribution is 1.90. The number of hydrogen-bond acceptors (Lipinski definition) is 3. The van der Waals surface area contributed by atoms with Gasteiger partial charge in [0, 0.05) is 6.54 Å². The van der Waals surface area contributed by atoms with E-state index in [9.17, 15) is 0 Å². The van der Waals surface area contributed by atoms with Crippen LogP contribution in [0.25, 0.3) is 0 Å². The third-order valence-electron chi connectivity index (χ3n) is 1.75. The van der Waals surface area contributed by atoms with Gasteiger partial charge in [-0.15, -0.1) is 0 Å². The summed E-state index contributed by atoms with van der Waals surface area (Å²) in [5, 5.41) is 8.31. The van der Waals surface area contributed by atoms with Crippen LogP contribution >= 0.6 is 0 Å². The maximum Gasteiger partial charge on any atom is 0.143 e. The molecule has 0 aromatic rings. The van der Waals surface area contributed by atoms with E-state index >= 15 is 0 Å². The zero-order valence-corrected chi connectivity index (χ0v) is 7.55. The van der Waals surface area contributed by atoms with Gasteiger partial charge >= 0.3 is 0 Å². The number of nitrogens with zero attached hydrogens (tertiary/aromatic N) is 1. The number of aliphatic hydroxyl groups excluding tert-OH is 1. The van der Waals surface area contributed by atoms with E-state index in [1.807, 2.05) is 0 Å². The Balaban J connectivity index is 3.07. The van der Waals surface area contributed by atoms with Crippen molar-refractivity contribution in [2.75, 3.05) is 33.0 Å². The summed E-state index contributed by atoms with van der Waals surface area (Å²) in [6.45, 7) is 8.05. The van der Waals surface area contributed by atoms with E-state index in [0.29, 0.717) is 6.61 Å². The minimum Gasteiger partial charge on any atom is -0.371 e.